The van der Waals surface area contributed by atoms with E-state index in [1.165, 1.54) is 17.3 Å². The number of carbonyl (C=O) groups is 1. The Bertz CT molecular complexity index is 1270. The molecule has 0 bridgehead atoms. The van der Waals surface area contributed by atoms with E-state index >= 15 is 0 Å². The van der Waals surface area contributed by atoms with E-state index < -0.39 is 0 Å². The number of hydrogen-bond donors (Lipinski definition) is 0. The van der Waals surface area contributed by atoms with Crippen molar-refractivity contribution in [3.05, 3.63) is 92.8 Å². The summed E-state index contributed by atoms with van der Waals surface area (Å²) in [6.45, 7) is 7.62. The van der Waals surface area contributed by atoms with E-state index in [2.05, 4.69) is 22.9 Å². The molecule has 1 fully saturated rings. The number of nitrogens with zero attached hydrogens (tertiary/aromatic N) is 2. The summed E-state index contributed by atoms with van der Waals surface area (Å²) < 4.78 is 12.9. The second-order valence-electron chi connectivity index (χ2n) is 8.35. The molecule has 0 radical (unpaired) electrons. The quantitative estimate of drug-likeness (QED) is 0.249. The summed E-state index contributed by atoms with van der Waals surface area (Å²) in [6.07, 6.45) is 2.75. The zero-order chi connectivity index (χ0) is 25.5. The fourth-order valence-corrected chi connectivity index (χ4v) is 4.93. The van der Waals surface area contributed by atoms with Crippen molar-refractivity contribution in [3.8, 4) is 11.5 Å². The largest absolute Gasteiger partial charge is 0.490 e. The third kappa shape index (κ3) is 6.59. The third-order valence-electron chi connectivity index (χ3n) is 5.47. The van der Waals surface area contributed by atoms with Gasteiger partial charge in [-0.3, -0.25) is 9.69 Å². The number of aliphatic imine (C=N–C) groups is 1. The Labute approximate surface area is 225 Å². The lowest BCUT2D eigenvalue weighted by Crippen LogP contribution is -2.29. The summed E-state index contributed by atoms with van der Waals surface area (Å²) in [7, 11) is 0. The lowest BCUT2D eigenvalue weighted by molar-refractivity contribution is -0.122. The lowest BCUT2D eigenvalue weighted by Gasteiger charge is -2.14. The van der Waals surface area contributed by atoms with E-state index in [1.807, 2.05) is 86.7 Å². The number of rotatable bonds is 9. The van der Waals surface area contributed by atoms with Gasteiger partial charge in [-0.1, -0.05) is 58.7 Å². The van der Waals surface area contributed by atoms with Crippen LogP contribution in [-0.2, 0) is 11.4 Å². The summed E-state index contributed by atoms with van der Waals surface area (Å²) in [5.41, 5.74) is 3.95. The molecule has 0 aliphatic carbocycles. The van der Waals surface area contributed by atoms with Gasteiger partial charge in [0.25, 0.3) is 5.91 Å². The third-order valence-corrected chi connectivity index (χ3v) is 7.00. The molecule has 4 rings (SSSR count). The van der Waals surface area contributed by atoms with Crippen molar-refractivity contribution in [2.45, 2.75) is 33.8 Å². The first-order valence-corrected chi connectivity index (χ1v) is 13.6. The van der Waals surface area contributed by atoms with E-state index in [0.29, 0.717) is 41.3 Å². The summed E-state index contributed by atoms with van der Waals surface area (Å²) in [5, 5.41) is 0.705. The molecule has 0 aromatic heterocycles. The van der Waals surface area contributed by atoms with E-state index in [0.717, 1.165) is 27.7 Å². The number of aryl methyl sites for hydroxylation is 1. The van der Waals surface area contributed by atoms with Crippen molar-refractivity contribution in [3.63, 3.8) is 0 Å². The van der Waals surface area contributed by atoms with Crippen molar-refractivity contribution in [1.82, 2.24) is 4.90 Å². The van der Waals surface area contributed by atoms with Crippen LogP contribution in [0, 0.1) is 6.92 Å². The van der Waals surface area contributed by atoms with Crippen molar-refractivity contribution in [2.75, 3.05) is 13.2 Å². The highest BCUT2D eigenvalue weighted by molar-refractivity contribution is 9.10. The van der Waals surface area contributed by atoms with Gasteiger partial charge in [0.2, 0.25) is 0 Å². The van der Waals surface area contributed by atoms with Crippen LogP contribution in [0.15, 0.2) is 81.1 Å². The molecule has 1 amide bonds. The van der Waals surface area contributed by atoms with Gasteiger partial charge in [0, 0.05) is 11.0 Å². The first-order chi connectivity index (χ1) is 17.5. The van der Waals surface area contributed by atoms with E-state index in [9.17, 15) is 4.79 Å². The average Bonchev–Trinajstić information content (AvgIpc) is 3.15. The van der Waals surface area contributed by atoms with Crippen LogP contribution in [0.2, 0.25) is 0 Å². The van der Waals surface area contributed by atoms with Gasteiger partial charge < -0.3 is 9.47 Å². The Kier molecular flexibility index (Phi) is 8.88. The number of amides is 1. The van der Waals surface area contributed by atoms with Gasteiger partial charge in [-0.15, -0.1) is 0 Å². The summed E-state index contributed by atoms with van der Waals surface area (Å²) in [4.78, 5) is 20.4. The predicted octanol–water partition coefficient (Wildman–Crippen LogP) is 7.75. The molecule has 0 spiro atoms. The van der Waals surface area contributed by atoms with E-state index in [1.54, 1.807) is 4.90 Å². The summed E-state index contributed by atoms with van der Waals surface area (Å²) in [5.74, 6) is 1.29. The van der Waals surface area contributed by atoms with Crippen molar-refractivity contribution in [2.24, 2.45) is 4.99 Å². The molecule has 186 valence electrons. The molecule has 7 heteroatoms. The minimum Gasteiger partial charge on any atom is -0.490 e. The zero-order valence-corrected chi connectivity index (χ0v) is 23.1. The maximum Gasteiger partial charge on any atom is 0.266 e. The second-order valence-corrected chi connectivity index (χ2v) is 10.3. The smallest absolute Gasteiger partial charge is 0.266 e. The molecule has 1 aliphatic rings. The first kappa shape index (κ1) is 26.0. The molecule has 1 heterocycles. The average molecular weight is 566 g/mol. The van der Waals surface area contributed by atoms with Crippen LogP contribution in [0.3, 0.4) is 0 Å². The molecule has 0 N–H and O–H groups in total. The molecular formula is C29H29BrN2O3S. The van der Waals surface area contributed by atoms with Gasteiger partial charge in [0.1, 0.15) is 6.61 Å². The Balaban J connectivity index is 1.56. The van der Waals surface area contributed by atoms with Crippen LogP contribution < -0.4 is 9.47 Å². The van der Waals surface area contributed by atoms with Crippen LogP contribution >= 0.6 is 27.7 Å². The van der Waals surface area contributed by atoms with Gasteiger partial charge in [-0.05, 0) is 85.6 Å². The molecule has 1 saturated heterocycles. The van der Waals surface area contributed by atoms with Gasteiger partial charge in [0.05, 0.1) is 17.2 Å². The number of benzene rings is 3. The van der Waals surface area contributed by atoms with Crippen molar-refractivity contribution < 1.29 is 14.3 Å². The first-order valence-electron chi connectivity index (χ1n) is 12.0. The molecule has 36 heavy (non-hydrogen) atoms. The van der Waals surface area contributed by atoms with Crippen LogP contribution in [-0.4, -0.2) is 29.1 Å². The van der Waals surface area contributed by atoms with Crippen LogP contribution in [0.4, 0.5) is 5.69 Å². The molecule has 3 aromatic carbocycles. The maximum atomic E-state index is 13.2. The lowest BCUT2D eigenvalue weighted by atomic mass is 10.1. The Hall–Kier alpha value is -3.03. The molecule has 0 atom stereocenters. The fourth-order valence-electron chi connectivity index (χ4n) is 3.64. The fraction of sp³-hybridized carbons (Fsp3) is 0.241. The SMILES string of the molecule is CCCN1C(=O)/C(=C\c2ccc(OCc3ccc(Br)cc3)c(OCC)c2)SC1=Nc1ccc(C)cc1. The normalized spacial score (nSPS) is 15.7. The number of thioether (sulfide) groups is 1. The highest BCUT2D eigenvalue weighted by atomic mass is 79.9. The van der Waals surface area contributed by atoms with Crippen LogP contribution in [0.1, 0.15) is 37.0 Å². The van der Waals surface area contributed by atoms with Gasteiger partial charge in [-0.25, -0.2) is 4.99 Å². The second kappa shape index (κ2) is 12.3. The molecular weight excluding hydrogens is 536 g/mol. The number of halogens is 1. The van der Waals surface area contributed by atoms with Gasteiger partial charge >= 0.3 is 0 Å². The van der Waals surface area contributed by atoms with Crippen LogP contribution in [0.25, 0.3) is 6.08 Å². The van der Waals surface area contributed by atoms with Crippen molar-refractivity contribution in [1.29, 1.82) is 0 Å². The van der Waals surface area contributed by atoms with Gasteiger partial charge in [-0.2, -0.15) is 0 Å². The van der Waals surface area contributed by atoms with E-state index in [4.69, 9.17) is 14.5 Å². The molecule has 5 nitrogen and oxygen atoms in total. The predicted molar refractivity (Wildman–Crippen MR) is 152 cm³/mol. The minimum atomic E-state index is -0.0266. The number of amidine groups is 1. The molecule has 1 aliphatic heterocycles. The number of carbonyl (C=O) groups excluding carboxylic acids is 1. The topological polar surface area (TPSA) is 51.1 Å². The van der Waals surface area contributed by atoms with Crippen molar-refractivity contribution >= 4 is 50.5 Å². The Morgan fingerprint density at radius 3 is 2.42 bits per heavy atom. The summed E-state index contributed by atoms with van der Waals surface area (Å²) >= 11 is 4.86. The molecule has 3 aromatic rings. The minimum absolute atomic E-state index is 0.0266. The number of ether oxygens (including phenoxy) is 2. The maximum absolute atomic E-state index is 13.2. The summed E-state index contributed by atoms with van der Waals surface area (Å²) in [6, 6.07) is 21.8. The highest BCUT2D eigenvalue weighted by Gasteiger charge is 2.32. The Morgan fingerprint density at radius 2 is 1.72 bits per heavy atom. The van der Waals surface area contributed by atoms with Crippen LogP contribution in [0.5, 0.6) is 11.5 Å². The monoisotopic (exact) mass is 564 g/mol. The van der Waals surface area contributed by atoms with E-state index in [-0.39, 0.29) is 5.91 Å². The highest BCUT2D eigenvalue weighted by Crippen LogP contribution is 2.36. The van der Waals surface area contributed by atoms with Gasteiger partial charge in [0.15, 0.2) is 16.7 Å². The molecule has 0 saturated carbocycles. The number of hydrogen-bond acceptors (Lipinski definition) is 5. The molecule has 0 unspecified atom stereocenters. The Morgan fingerprint density at radius 1 is 0.972 bits per heavy atom. The standard InChI is InChI=1S/C29H29BrN2O3S/c1-4-16-32-28(33)27(36-29(32)31-24-13-6-20(3)7-14-24)18-22-10-15-25(26(17-22)34-5-2)35-19-21-8-11-23(30)12-9-21/h6-15,17-18H,4-5,16,19H2,1-3H3/b27-18+,31-29?. The zero-order valence-electron chi connectivity index (χ0n) is 20.7.